The number of nitrogens with one attached hydrogen (secondary N) is 1. The van der Waals surface area contributed by atoms with Crippen molar-refractivity contribution in [3.8, 4) is 28.5 Å². The van der Waals surface area contributed by atoms with Crippen LogP contribution < -0.4 is 5.32 Å². The minimum atomic E-state index is -0.541. The smallest absolute Gasteiger partial charge is 0.410 e. The number of hydrogen-bond donors (Lipinski definition) is 1. The van der Waals surface area contributed by atoms with Crippen molar-refractivity contribution < 1.29 is 9.53 Å². The minimum Gasteiger partial charge on any atom is -0.444 e. The van der Waals surface area contributed by atoms with Crippen LogP contribution in [-0.4, -0.2) is 55.3 Å². The highest BCUT2D eigenvalue weighted by Crippen LogP contribution is 2.36. The van der Waals surface area contributed by atoms with Crippen molar-refractivity contribution in [2.24, 2.45) is 0 Å². The zero-order chi connectivity index (χ0) is 27.7. The lowest BCUT2D eigenvalue weighted by atomic mass is 10.00. The van der Waals surface area contributed by atoms with Crippen LogP contribution in [0, 0.1) is 18.3 Å². The number of carbonyl (C=O) groups is 1. The quantitative estimate of drug-likeness (QED) is 0.309. The lowest BCUT2D eigenvalue weighted by Gasteiger charge is -2.34. The predicted molar refractivity (Wildman–Crippen MR) is 151 cm³/mol. The third-order valence-corrected chi connectivity index (χ3v) is 6.58. The van der Waals surface area contributed by atoms with Crippen LogP contribution in [0.25, 0.3) is 28.0 Å². The number of fused-ring (bicyclic) bond motifs is 1. The molecule has 5 rings (SSSR count). The van der Waals surface area contributed by atoms with E-state index in [0.29, 0.717) is 41.0 Å². The molecule has 3 aromatic heterocycles. The second-order valence-electron chi connectivity index (χ2n) is 10.7. The number of aromatic nitrogens is 4. The maximum atomic E-state index is 12.6. The van der Waals surface area contributed by atoms with E-state index in [1.165, 1.54) is 0 Å². The molecule has 39 heavy (non-hydrogen) atoms. The molecule has 1 aromatic carbocycles. The predicted octanol–water partition coefficient (Wildman–Crippen LogP) is 6.10. The van der Waals surface area contributed by atoms with Crippen LogP contribution in [0.15, 0.2) is 48.7 Å². The number of carbonyl (C=O) groups excluding carboxylic acids is 1. The molecule has 0 spiro atoms. The second-order valence-corrected chi connectivity index (χ2v) is 11.1. The number of aryl methyl sites for hydroxylation is 1. The number of rotatable bonds is 4. The Hall–Kier alpha value is -4.16. The molecule has 1 amide bonds. The standard InChI is InChI=1S/C29H30ClN7O2/c1-18-13-21(15-23(30)32-18)25-26(20-8-5-7-19(14-20)16-31)35-37-12-10-24(34-27(25)37)33-22-9-6-11-36(17-22)28(38)39-29(2,3)4/h5,7-8,10,12-15,22H,6,9,11,17H2,1-4H3,(H,33,34)/t22-/m0/s1. The van der Waals surface area contributed by atoms with Gasteiger partial charge in [0.05, 0.1) is 17.2 Å². The van der Waals surface area contributed by atoms with E-state index in [1.807, 2.05) is 64.2 Å². The lowest BCUT2D eigenvalue weighted by molar-refractivity contribution is 0.0206. The van der Waals surface area contributed by atoms with E-state index in [2.05, 4.69) is 16.4 Å². The summed E-state index contributed by atoms with van der Waals surface area (Å²) >= 11 is 6.35. The van der Waals surface area contributed by atoms with E-state index in [9.17, 15) is 10.1 Å². The molecular weight excluding hydrogens is 514 g/mol. The van der Waals surface area contributed by atoms with Gasteiger partial charge in [0.1, 0.15) is 22.3 Å². The first-order valence-corrected chi connectivity index (χ1v) is 13.3. The summed E-state index contributed by atoms with van der Waals surface area (Å²) in [5.74, 6) is 0.675. The minimum absolute atomic E-state index is 0.0250. The van der Waals surface area contributed by atoms with Crippen LogP contribution in [-0.2, 0) is 4.74 Å². The van der Waals surface area contributed by atoms with Crippen molar-refractivity contribution in [3.63, 3.8) is 0 Å². The van der Waals surface area contributed by atoms with Crippen LogP contribution in [0.3, 0.4) is 0 Å². The number of hydrogen-bond acceptors (Lipinski definition) is 7. The lowest BCUT2D eigenvalue weighted by Crippen LogP contribution is -2.47. The van der Waals surface area contributed by atoms with E-state index >= 15 is 0 Å². The number of nitriles is 1. The molecule has 1 aliphatic heterocycles. The van der Waals surface area contributed by atoms with Gasteiger partial charge in [-0.2, -0.15) is 10.4 Å². The number of ether oxygens (including phenoxy) is 1. The summed E-state index contributed by atoms with van der Waals surface area (Å²) in [6.45, 7) is 8.69. The molecule has 4 heterocycles. The maximum Gasteiger partial charge on any atom is 0.410 e. The number of amides is 1. The number of pyridine rings is 1. The van der Waals surface area contributed by atoms with Crippen LogP contribution in [0.2, 0.25) is 5.15 Å². The summed E-state index contributed by atoms with van der Waals surface area (Å²) in [6.07, 6.45) is 3.33. The zero-order valence-electron chi connectivity index (χ0n) is 22.4. The van der Waals surface area contributed by atoms with Gasteiger partial charge in [-0.25, -0.2) is 19.3 Å². The molecule has 200 valence electrons. The summed E-state index contributed by atoms with van der Waals surface area (Å²) in [5.41, 5.74) is 4.52. The zero-order valence-corrected chi connectivity index (χ0v) is 23.2. The van der Waals surface area contributed by atoms with Crippen LogP contribution >= 0.6 is 11.6 Å². The fourth-order valence-corrected chi connectivity index (χ4v) is 5.03. The Labute approximate surface area is 232 Å². The number of benzene rings is 1. The van der Waals surface area contributed by atoms with Gasteiger partial charge in [-0.05, 0) is 76.4 Å². The molecule has 0 radical (unpaired) electrons. The Balaban J connectivity index is 1.52. The summed E-state index contributed by atoms with van der Waals surface area (Å²) in [4.78, 5) is 23.6. The number of piperidine rings is 1. The molecule has 4 aromatic rings. The summed E-state index contributed by atoms with van der Waals surface area (Å²) in [5, 5.41) is 18.2. The number of nitrogens with zero attached hydrogens (tertiary/aromatic N) is 6. The third kappa shape index (κ3) is 5.96. The van der Waals surface area contributed by atoms with Gasteiger partial charge >= 0.3 is 6.09 Å². The van der Waals surface area contributed by atoms with Gasteiger partial charge in [0.25, 0.3) is 0 Å². The van der Waals surface area contributed by atoms with Crippen LogP contribution in [0.4, 0.5) is 10.6 Å². The SMILES string of the molecule is Cc1cc(-c2c(-c3cccc(C#N)c3)nn3ccc(N[C@H]4CCCN(C(=O)OC(C)(C)C)C4)nc23)cc(Cl)n1. The first-order valence-electron chi connectivity index (χ1n) is 12.9. The molecule has 1 aliphatic rings. The molecule has 0 bridgehead atoms. The molecule has 0 unspecified atom stereocenters. The molecule has 1 saturated heterocycles. The first kappa shape index (κ1) is 26.4. The van der Waals surface area contributed by atoms with Crippen molar-refractivity contribution in [2.45, 2.75) is 52.2 Å². The average molecular weight is 544 g/mol. The fourth-order valence-electron chi connectivity index (χ4n) is 4.78. The van der Waals surface area contributed by atoms with Crippen molar-refractivity contribution >= 4 is 29.2 Å². The molecular formula is C29H30ClN7O2. The van der Waals surface area contributed by atoms with Gasteiger partial charge in [-0.1, -0.05) is 23.7 Å². The Morgan fingerprint density at radius 1 is 1.18 bits per heavy atom. The van der Waals surface area contributed by atoms with Crippen molar-refractivity contribution in [3.05, 3.63) is 65.1 Å². The van der Waals surface area contributed by atoms with E-state index in [1.54, 1.807) is 21.5 Å². The van der Waals surface area contributed by atoms with Gasteiger partial charge in [0.15, 0.2) is 5.65 Å². The van der Waals surface area contributed by atoms with E-state index in [0.717, 1.165) is 35.2 Å². The van der Waals surface area contributed by atoms with Gasteiger partial charge in [-0.3, -0.25) is 0 Å². The normalized spacial score (nSPS) is 15.7. The Morgan fingerprint density at radius 3 is 2.74 bits per heavy atom. The fraction of sp³-hybridized carbons (Fsp3) is 0.345. The van der Waals surface area contributed by atoms with E-state index < -0.39 is 5.60 Å². The molecule has 1 atom stereocenters. The number of halogens is 1. The van der Waals surface area contributed by atoms with Crippen molar-refractivity contribution in [1.29, 1.82) is 5.26 Å². The largest absolute Gasteiger partial charge is 0.444 e. The highest BCUT2D eigenvalue weighted by molar-refractivity contribution is 6.29. The maximum absolute atomic E-state index is 12.6. The molecule has 1 N–H and O–H groups in total. The molecule has 10 heteroatoms. The average Bonchev–Trinajstić information content (AvgIpc) is 3.26. The number of anilines is 1. The van der Waals surface area contributed by atoms with Crippen molar-refractivity contribution in [1.82, 2.24) is 24.5 Å². The molecule has 1 fully saturated rings. The topological polar surface area (TPSA) is 108 Å². The summed E-state index contributed by atoms with van der Waals surface area (Å²) in [7, 11) is 0. The van der Waals surface area contributed by atoms with Crippen LogP contribution in [0.1, 0.15) is 44.9 Å². The van der Waals surface area contributed by atoms with Crippen molar-refractivity contribution in [2.75, 3.05) is 18.4 Å². The van der Waals surface area contributed by atoms with Gasteiger partial charge in [0.2, 0.25) is 0 Å². The van der Waals surface area contributed by atoms with Gasteiger partial charge in [0, 0.05) is 36.6 Å². The summed E-state index contributed by atoms with van der Waals surface area (Å²) < 4.78 is 7.30. The van der Waals surface area contributed by atoms with E-state index in [-0.39, 0.29) is 12.1 Å². The summed E-state index contributed by atoms with van der Waals surface area (Å²) in [6, 6.07) is 15.2. The molecule has 0 saturated carbocycles. The van der Waals surface area contributed by atoms with Crippen LogP contribution in [0.5, 0.6) is 0 Å². The number of likely N-dealkylation sites (tertiary alicyclic amines) is 1. The Kier molecular flexibility index (Phi) is 7.15. The highest BCUT2D eigenvalue weighted by Gasteiger charge is 2.28. The second kappa shape index (κ2) is 10.5. The third-order valence-electron chi connectivity index (χ3n) is 6.39. The molecule has 0 aliphatic carbocycles. The van der Waals surface area contributed by atoms with E-state index in [4.69, 9.17) is 26.4 Å². The Bertz CT molecular complexity index is 1560. The Morgan fingerprint density at radius 2 is 2.00 bits per heavy atom. The highest BCUT2D eigenvalue weighted by atomic mass is 35.5. The first-order chi connectivity index (χ1) is 18.6. The van der Waals surface area contributed by atoms with Gasteiger partial charge in [-0.15, -0.1) is 0 Å². The monoisotopic (exact) mass is 543 g/mol. The van der Waals surface area contributed by atoms with Gasteiger partial charge < -0.3 is 15.0 Å². The molecule has 9 nitrogen and oxygen atoms in total.